The van der Waals surface area contributed by atoms with Gasteiger partial charge in [-0.25, -0.2) is 4.79 Å². The third-order valence-corrected chi connectivity index (χ3v) is 5.07. The zero-order valence-electron chi connectivity index (χ0n) is 15.1. The number of carbonyl (C=O) groups is 1. The standard InChI is InChI=1S/C18H17F3N4O3S/c19-18(20,21)29-16-7-1-13(2-8-16)22-17(26)24-11-9-23(10-12-24)14-3-5-15(6-4-14)25(27)28/h1-8H,9-12H2,(H,22,26). The minimum absolute atomic E-state index is 0.0198. The van der Waals surface area contributed by atoms with Crippen molar-refractivity contribution in [1.29, 1.82) is 0 Å². The Bertz CT molecular complexity index is 867. The van der Waals surface area contributed by atoms with Gasteiger partial charge < -0.3 is 15.1 Å². The van der Waals surface area contributed by atoms with Crippen molar-refractivity contribution < 1.29 is 22.9 Å². The summed E-state index contributed by atoms with van der Waals surface area (Å²) in [5, 5.41) is 13.4. The number of non-ortho nitro benzene ring substituents is 1. The van der Waals surface area contributed by atoms with Gasteiger partial charge in [-0.1, -0.05) is 0 Å². The topological polar surface area (TPSA) is 78.7 Å². The fraction of sp³-hybridized carbons (Fsp3) is 0.278. The lowest BCUT2D eigenvalue weighted by atomic mass is 10.2. The molecular formula is C18H17F3N4O3S. The number of urea groups is 1. The van der Waals surface area contributed by atoms with Crippen molar-refractivity contribution in [1.82, 2.24) is 4.90 Å². The van der Waals surface area contributed by atoms with Crippen molar-refractivity contribution in [2.75, 3.05) is 36.4 Å². The summed E-state index contributed by atoms with van der Waals surface area (Å²) >= 11 is -0.209. The van der Waals surface area contributed by atoms with Gasteiger partial charge in [0.05, 0.1) is 4.92 Å². The number of hydrogen-bond acceptors (Lipinski definition) is 5. The normalized spacial score (nSPS) is 14.6. The summed E-state index contributed by atoms with van der Waals surface area (Å²) in [6.07, 6.45) is 0. The van der Waals surface area contributed by atoms with Crippen LogP contribution in [0.5, 0.6) is 0 Å². The van der Waals surface area contributed by atoms with Gasteiger partial charge in [-0.2, -0.15) is 13.2 Å². The van der Waals surface area contributed by atoms with Gasteiger partial charge in [-0.05, 0) is 48.2 Å². The Morgan fingerprint density at radius 3 is 2.10 bits per heavy atom. The average molecular weight is 426 g/mol. The van der Waals surface area contributed by atoms with Crippen LogP contribution in [-0.2, 0) is 0 Å². The lowest BCUT2D eigenvalue weighted by molar-refractivity contribution is -0.384. The molecule has 1 aliphatic rings. The van der Waals surface area contributed by atoms with Gasteiger partial charge >= 0.3 is 11.5 Å². The second-order valence-electron chi connectivity index (χ2n) is 6.25. The molecule has 2 aromatic rings. The summed E-state index contributed by atoms with van der Waals surface area (Å²) in [5.74, 6) is 0. The first-order valence-corrected chi connectivity index (χ1v) is 9.44. The highest BCUT2D eigenvalue weighted by Crippen LogP contribution is 2.37. The highest BCUT2D eigenvalue weighted by atomic mass is 32.2. The maximum atomic E-state index is 12.4. The third kappa shape index (κ3) is 5.76. The Hall–Kier alpha value is -2.95. The molecule has 2 amide bonds. The number of thioether (sulfide) groups is 1. The van der Waals surface area contributed by atoms with E-state index in [4.69, 9.17) is 0 Å². The van der Waals surface area contributed by atoms with Gasteiger partial charge in [0.1, 0.15) is 0 Å². The van der Waals surface area contributed by atoms with E-state index in [2.05, 4.69) is 5.32 Å². The zero-order chi connectivity index (χ0) is 21.0. The largest absolute Gasteiger partial charge is 0.446 e. The first kappa shape index (κ1) is 20.8. The molecule has 0 aliphatic carbocycles. The van der Waals surface area contributed by atoms with E-state index in [-0.39, 0.29) is 28.4 Å². The van der Waals surface area contributed by atoms with Crippen molar-refractivity contribution in [3.8, 4) is 0 Å². The molecule has 0 aromatic heterocycles. The highest BCUT2D eigenvalue weighted by molar-refractivity contribution is 8.00. The summed E-state index contributed by atoms with van der Waals surface area (Å²) in [5.41, 5.74) is -3.08. The average Bonchev–Trinajstić information content (AvgIpc) is 2.68. The third-order valence-electron chi connectivity index (χ3n) is 4.33. The predicted molar refractivity (Wildman–Crippen MR) is 104 cm³/mol. The molecule has 0 radical (unpaired) electrons. The van der Waals surface area contributed by atoms with Crippen LogP contribution >= 0.6 is 11.8 Å². The smallest absolute Gasteiger partial charge is 0.368 e. The van der Waals surface area contributed by atoms with Gasteiger partial charge in [0.25, 0.3) is 5.69 Å². The number of alkyl halides is 3. The summed E-state index contributed by atoms with van der Waals surface area (Å²) in [4.78, 5) is 26.3. The van der Waals surface area contributed by atoms with Crippen LogP contribution in [-0.4, -0.2) is 47.5 Å². The molecule has 2 aromatic carbocycles. The predicted octanol–water partition coefficient (Wildman–Crippen LogP) is 4.56. The van der Waals surface area contributed by atoms with E-state index >= 15 is 0 Å². The second-order valence-corrected chi connectivity index (χ2v) is 7.39. The van der Waals surface area contributed by atoms with Crippen molar-refractivity contribution in [3.05, 3.63) is 58.6 Å². The quantitative estimate of drug-likeness (QED) is 0.441. The molecule has 1 fully saturated rings. The Morgan fingerprint density at radius 1 is 1.00 bits per heavy atom. The molecule has 1 saturated heterocycles. The van der Waals surface area contributed by atoms with E-state index in [1.54, 1.807) is 17.0 Å². The molecule has 3 rings (SSSR count). The van der Waals surface area contributed by atoms with Crippen molar-refractivity contribution in [3.63, 3.8) is 0 Å². The van der Waals surface area contributed by atoms with E-state index in [0.29, 0.717) is 31.9 Å². The molecule has 154 valence electrons. The number of halogens is 3. The molecule has 0 bridgehead atoms. The van der Waals surface area contributed by atoms with Crippen LogP contribution in [0, 0.1) is 10.1 Å². The molecule has 0 saturated carbocycles. The highest BCUT2D eigenvalue weighted by Gasteiger charge is 2.29. The number of hydrogen-bond donors (Lipinski definition) is 1. The van der Waals surface area contributed by atoms with Crippen LogP contribution in [0.3, 0.4) is 0 Å². The number of amides is 2. The Kier molecular flexibility index (Phi) is 6.16. The van der Waals surface area contributed by atoms with Crippen LogP contribution in [0.15, 0.2) is 53.4 Å². The molecule has 29 heavy (non-hydrogen) atoms. The van der Waals surface area contributed by atoms with Gasteiger partial charge in [-0.3, -0.25) is 10.1 Å². The summed E-state index contributed by atoms with van der Waals surface area (Å²) in [7, 11) is 0. The maximum Gasteiger partial charge on any atom is 0.446 e. The number of rotatable bonds is 4. The number of nitrogens with one attached hydrogen (secondary N) is 1. The molecule has 1 aliphatic heterocycles. The maximum absolute atomic E-state index is 12.4. The number of carbonyl (C=O) groups excluding carboxylic acids is 1. The van der Waals surface area contributed by atoms with Gasteiger partial charge in [0, 0.05) is 54.6 Å². The van der Waals surface area contributed by atoms with E-state index in [1.165, 1.54) is 36.4 Å². The molecule has 0 atom stereocenters. The van der Waals surface area contributed by atoms with Crippen LogP contribution < -0.4 is 10.2 Å². The Balaban J connectivity index is 1.51. The Labute approximate surface area is 168 Å². The number of piperazine rings is 1. The zero-order valence-corrected chi connectivity index (χ0v) is 15.9. The second kappa shape index (κ2) is 8.60. The molecule has 0 unspecified atom stereocenters. The fourth-order valence-electron chi connectivity index (χ4n) is 2.90. The van der Waals surface area contributed by atoms with E-state index < -0.39 is 10.4 Å². The molecule has 11 heteroatoms. The fourth-order valence-corrected chi connectivity index (χ4v) is 3.43. The summed E-state index contributed by atoms with van der Waals surface area (Å²) < 4.78 is 37.1. The molecule has 1 heterocycles. The number of anilines is 2. The van der Waals surface area contributed by atoms with Crippen LogP contribution in [0.4, 0.5) is 35.0 Å². The van der Waals surface area contributed by atoms with Crippen LogP contribution in [0.1, 0.15) is 0 Å². The minimum Gasteiger partial charge on any atom is -0.368 e. The summed E-state index contributed by atoms with van der Waals surface area (Å²) in [6.45, 7) is 2.02. The van der Waals surface area contributed by atoms with Gasteiger partial charge in [0.2, 0.25) is 0 Å². The minimum atomic E-state index is -4.35. The first-order chi connectivity index (χ1) is 13.7. The van der Waals surface area contributed by atoms with Crippen molar-refractivity contribution in [2.45, 2.75) is 10.4 Å². The van der Waals surface area contributed by atoms with Crippen molar-refractivity contribution in [2.24, 2.45) is 0 Å². The van der Waals surface area contributed by atoms with Crippen LogP contribution in [0.2, 0.25) is 0 Å². The monoisotopic (exact) mass is 426 g/mol. The lowest BCUT2D eigenvalue weighted by Gasteiger charge is -2.36. The lowest BCUT2D eigenvalue weighted by Crippen LogP contribution is -2.50. The SMILES string of the molecule is O=C(Nc1ccc(SC(F)(F)F)cc1)N1CCN(c2ccc([N+](=O)[O-])cc2)CC1. The number of benzene rings is 2. The number of nitro benzene ring substituents is 1. The first-order valence-electron chi connectivity index (χ1n) is 8.62. The van der Waals surface area contributed by atoms with Crippen LogP contribution in [0.25, 0.3) is 0 Å². The van der Waals surface area contributed by atoms with E-state index in [1.807, 2.05) is 4.90 Å². The van der Waals surface area contributed by atoms with Gasteiger partial charge in [0.15, 0.2) is 0 Å². The Morgan fingerprint density at radius 2 is 1.59 bits per heavy atom. The van der Waals surface area contributed by atoms with E-state index in [0.717, 1.165) is 5.69 Å². The van der Waals surface area contributed by atoms with Crippen molar-refractivity contribution >= 4 is 34.9 Å². The summed E-state index contributed by atoms with van der Waals surface area (Å²) in [6, 6.07) is 11.4. The molecule has 7 nitrogen and oxygen atoms in total. The van der Waals surface area contributed by atoms with Gasteiger partial charge in [-0.15, -0.1) is 0 Å². The van der Waals surface area contributed by atoms with E-state index in [9.17, 15) is 28.1 Å². The number of nitrogens with zero attached hydrogens (tertiary/aromatic N) is 3. The molecular weight excluding hydrogens is 409 g/mol. The molecule has 0 spiro atoms. The molecule has 1 N–H and O–H groups in total. The number of nitro groups is 1.